The molecule has 0 aliphatic carbocycles. The Balaban J connectivity index is 2.05. The highest BCUT2D eigenvalue weighted by Crippen LogP contribution is 2.28. The Kier molecular flexibility index (Phi) is 3.42. The van der Waals surface area contributed by atoms with Crippen LogP contribution in [-0.4, -0.2) is 10.1 Å². The summed E-state index contributed by atoms with van der Waals surface area (Å²) in [6.07, 6.45) is 0. The van der Waals surface area contributed by atoms with Crippen molar-refractivity contribution < 1.29 is 13.3 Å². The van der Waals surface area contributed by atoms with Crippen LogP contribution < -0.4 is 5.73 Å². The quantitative estimate of drug-likeness (QED) is 0.708. The molecule has 0 bridgehead atoms. The Labute approximate surface area is 126 Å². The number of nitrogen functional groups attached to an aromatic ring is 1. The van der Waals surface area contributed by atoms with Gasteiger partial charge in [0.2, 0.25) is 5.82 Å². The molecule has 0 spiro atoms. The molecule has 7 heteroatoms. The zero-order valence-electron chi connectivity index (χ0n) is 10.5. The van der Waals surface area contributed by atoms with Crippen LogP contribution in [0.25, 0.3) is 22.8 Å². The molecule has 1 aromatic heterocycles. The highest BCUT2D eigenvalue weighted by molar-refractivity contribution is 9.10. The van der Waals surface area contributed by atoms with Gasteiger partial charge in [-0.3, -0.25) is 0 Å². The number of nitrogens with two attached hydrogens (primary N) is 1. The van der Waals surface area contributed by atoms with Gasteiger partial charge in [0.1, 0.15) is 11.6 Å². The summed E-state index contributed by atoms with van der Waals surface area (Å²) in [4.78, 5) is 4.11. The molecule has 0 fully saturated rings. The number of hydrogen-bond donors (Lipinski definition) is 1. The van der Waals surface area contributed by atoms with Gasteiger partial charge in [-0.25, -0.2) is 8.78 Å². The van der Waals surface area contributed by atoms with Gasteiger partial charge >= 0.3 is 0 Å². The van der Waals surface area contributed by atoms with Gasteiger partial charge in [-0.05, 0) is 18.2 Å². The van der Waals surface area contributed by atoms with Crippen LogP contribution in [-0.2, 0) is 0 Å². The SMILES string of the molecule is Nc1cc(-c2nc(-c3cccc(Br)c3)no2)c(F)cc1F. The molecule has 21 heavy (non-hydrogen) atoms. The molecule has 0 aliphatic rings. The molecule has 0 aliphatic heterocycles. The van der Waals surface area contributed by atoms with E-state index in [9.17, 15) is 8.78 Å². The van der Waals surface area contributed by atoms with E-state index in [1.165, 1.54) is 0 Å². The minimum Gasteiger partial charge on any atom is -0.396 e. The van der Waals surface area contributed by atoms with Crippen LogP contribution in [0.1, 0.15) is 0 Å². The molecule has 0 unspecified atom stereocenters. The van der Waals surface area contributed by atoms with Crippen molar-refractivity contribution in [3.8, 4) is 22.8 Å². The van der Waals surface area contributed by atoms with Crippen LogP contribution in [0, 0.1) is 11.6 Å². The normalized spacial score (nSPS) is 10.8. The van der Waals surface area contributed by atoms with Gasteiger partial charge in [-0.1, -0.05) is 33.2 Å². The Morgan fingerprint density at radius 1 is 1.10 bits per heavy atom. The van der Waals surface area contributed by atoms with Gasteiger partial charge in [0.15, 0.2) is 0 Å². The fourth-order valence-corrected chi connectivity index (χ4v) is 2.21. The van der Waals surface area contributed by atoms with Gasteiger partial charge in [-0.2, -0.15) is 4.98 Å². The molecule has 2 N–H and O–H groups in total. The number of aromatic nitrogens is 2. The van der Waals surface area contributed by atoms with E-state index in [0.29, 0.717) is 17.5 Å². The van der Waals surface area contributed by atoms with Gasteiger partial charge in [0.25, 0.3) is 5.89 Å². The van der Waals surface area contributed by atoms with Crippen molar-refractivity contribution in [3.05, 3.63) is 52.5 Å². The standard InChI is InChI=1S/C14H8BrF2N3O/c15-8-3-1-2-7(4-8)13-19-14(21-20-13)9-5-12(18)11(17)6-10(9)16/h1-6H,18H2. The maximum absolute atomic E-state index is 13.8. The molecule has 3 aromatic rings. The second-order valence-corrected chi connectivity index (χ2v) is 5.20. The first kappa shape index (κ1) is 13.7. The van der Waals surface area contributed by atoms with E-state index in [2.05, 4.69) is 26.1 Å². The number of halogens is 3. The number of rotatable bonds is 2. The van der Waals surface area contributed by atoms with Crippen molar-refractivity contribution in [2.75, 3.05) is 5.73 Å². The molecule has 3 rings (SSSR count). The number of anilines is 1. The third-order valence-electron chi connectivity index (χ3n) is 2.83. The number of nitrogens with zero attached hydrogens (tertiary/aromatic N) is 2. The summed E-state index contributed by atoms with van der Waals surface area (Å²) in [5.74, 6) is -1.41. The topological polar surface area (TPSA) is 64.9 Å². The molecule has 0 atom stereocenters. The van der Waals surface area contributed by atoms with Crippen LogP contribution in [0.5, 0.6) is 0 Å². The molecule has 4 nitrogen and oxygen atoms in total. The average molecular weight is 352 g/mol. The molecule has 2 aromatic carbocycles. The highest BCUT2D eigenvalue weighted by Gasteiger charge is 2.16. The van der Waals surface area contributed by atoms with E-state index >= 15 is 0 Å². The van der Waals surface area contributed by atoms with Crippen LogP contribution >= 0.6 is 15.9 Å². The summed E-state index contributed by atoms with van der Waals surface area (Å²) >= 11 is 3.34. The first-order valence-electron chi connectivity index (χ1n) is 5.89. The fraction of sp³-hybridized carbons (Fsp3) is 0. The van der Waals surface area contributed by atoms with Gasteiger partial charge in [0.05, 0.1) is 11.3 Å². The molecule has 0 saturated heterocycles. The van der Waals surface area contributed by atoms with Gasteiger partial charge in [0, 0.05) is 16.1 Å². The lowest BCUT2D eigenvalue weighted by molar-refractivity contribution is 0.429. The van der Waals surface area contributed by atoms with Gasteiger partial charge < -0.3 is 10.3 Å². The lowest BCUT2D eigenvalue weighted by atomic mass is 10.1. The molecule has 0 radical (unpaired) electrons. The van der Waals surface area contributed by atoms with Crippen LogP contribution in [0.4, 0.5) is 14.5 Å². The third kappa shape index (κ3) is 2.64. The first-order valence-corrected chi connectivity index (χ1v) is 6.68. The van der Waals surface area contributed by atoms with Crippen molar-refractivity contribution in [1.82, 2.24) is 10.1 Å². The van der Waals surface area contributed by atoms with Crippen LogP contribution in [0.15, 0.2) is 45.4 Å². The third-order valence-corrected chi connectivity index (χ3v) is 3.32. The monoisotopic (exact) mass is 351 g/mol. The largest absolute Gasteiger partial charge is 0.396 e. The fourth-order valence-electron chi connectivity index (χ4n) is 1.81. The summed E-state index contributed by atoms with van der Waals surface area (Å²) in [6.45, 7) is 0. The van der Waals surface area contributed by atoms with Crippen molar-refractivity contribution >= 4 is 21.6 Å². The zero-order valence-corrected chi connectivity index (χ0v) is 12.1. The minimum absolute atomic E-state index is 0.0392. The minimum atomic E-state index is -0.831. The van der Waals surface area contributed by atoms with E-state index < -0.39 is 11.6 Å². The van der Waals surface area contributed by atoms with E-state index in [1.807, 2.05) is 12.1 Å². The maximum Gasteiger partial charge on any atom is 0.261 e. The molecule has 1 heterocycles. The summed E-state index contributed by atoms with van der Waals surface area (Å²) in [6, 6.07) is 9.06. The lowest BCUT2D eigenvalue weighted by Gasteiger charge is -2.00. The summed E-state index contributed by atoms with van der Waals surface area (Å²) < 4.78 is 32.8. The lowest BCUT2D eigenvalue weighted by Crippen LogP contribution is -1.94. The summed E-state index contributed by atoms with van der Waals surface area (Å²) in [5.41, 5.74) is 5.90. The highest BCUT2D eigenvalue weighted by atomic mass is 79.9. The zero-order chi connectivity index (χ0) is 15.0. The van der Waals surface area contributed by atoms with Crippen molar-refractivity contribution in [2.45, 2.75) is 0 Å². The van der Waals surface area contributed by atoms with Crippen molar-refractivity contribution in [2.24, 2.45) is 0 Å². The number of hydrogen-bond acceptors (Lipinski definition) is 4. The molecule has 0 saturated carbocycles. The Morgan fingerprint density at radius 2 is 1.90 bits per heavy atom. The van der Waals surface area contributed by atoms with Crippen molar-refractivity contribution in [3.63, 3.8) is 0 Å². The molecular weight excluding hydrogens is 344 g/mol. The van der Waals surface area contributed by atoms with E-state index in [1.54, 1.807) is 12.1 Å². The Hall–Kier alpha value is -2.28. The summed E-state index contributed by atoms with van der Waals surface area (Å²) in [7, 11) is 0. The second kappa shape index (κ2) is 5.25. The molecule has 106 valence electrons. The number of benzene rings is 2. The second-order valence-electron chi connectivity index (χ2n) is 4.29. The van der Waals surface area contributed by atoms with E-state index in [4.69, 9.17) is 10.3 Å². The predicted molar refractivity (Wildman–Crippen MR) is 77.2 cm³/mol. The summed E-state index contributed by atoms with van der Waals surface area (Å²) in [5, 5.41) is 3.79. The average Bonchev–Trinajstić information content (AvgIpc) is 2.92. The smallest absolute Gasteiger partial charge is 0.261 e. The van der Waals surface area contributed by atoms with E-state index in [0.717, 1.165) is 10.5 Å². The van der Waals surface area contributed by atoms with Crippen LogP contribution in [0.2, 0.25) is 0 Å². The van der Waals surface area contributed by atoms with Gasteiger partial charge in [-0.15, -0.1) is 0 Å². The molecular formula is C14H8BrF2N3O. The molecule has 0 amide bonds. The van der Waals surface area contributed by atoms with Crippen molar-refractivity contribution in [1.29, 1.82) is 0 Å². The Morgan fingerprint density at radius 3 is 2.67 bits per heavy atom. The predicted octanol–water partition coefficient (Wildman–Crippen LogP) is 4.03. The first-order chi connectivity index (χ1) is 10.0. The van der Waals surface area contributed by atoms with E-state index in [-0.39, 0.29) is 17.1 Å². The maximum atomic E-state index is 13.8. The van der Waals surface area contributed by atoms with Crippen LogP contribution in [0.3, 0.4) is 0 Å². The Bertz CT molecular complexity index is 820.